The standard InChI is InChI=1S/C7H12O2/c1-3-5-7(8)6-9-4-2/h3,5H,4,6H2,1-2H3/b5-3+. The van der Waals surface area contributed by atoms with E-state index in [1.165, 1.54) is 6.08 Å². The summed E-state index contributed by atoms with van der Waals surface area (Å²) in [4.78, 5) is 10.6. The molecule has 2 nitrogen and oxygen atoms in total. The highest BCUT2D eigenvalue weighted by Crippen LogP contribution is 1.79. The van der Waals surface area contributed by atoms with E-state index in [1.54, 1.807) is 6.08 Å². The van der Waals surface area contributed by atoms with Crippen LogP contribution in [0.2, 0.25) is 0 Å². The highest BCUT2D eigenvalue weighted by atomic mass is 16.5. The number of hydrogen-bond donors (Lipinski definition) is 0. The van der Waals surface area contributed by atoms with Gasteiger partial charge >= 0.3 is 0 Å². The normalized spacial score (nSPS) is 10.4. The summed E-state index contributed by atoms with van der Waals surface area (Å²) in [5, 5.41) is 0. The van der Waals surface area contributed by atoms with Crippen molar-refractivity contribution in [1.82, 2.24) is 0 Å². The molecule has 0 heterocycles. The number of allylic oxidation sites excluding steroid dienone is 1. The highest BCUT2D eigenvalue weighted by molar-refractivity contribution is 5.90. The van der Waals surface area contributed by atoms with Gasteiger partial charge in [0.05, 0.1) is 0 Å². The van der Waals surface area contributed by atoms with Crippen molar-refractivity contribution in [3.05, 3.63) is 12.2 Å². The molecule has 0 atom stereocenters. The Bertz CT molecular complexity index is 105. The molecule has 0 saturated heterocycles. The second kappa shape index (κ2) is 5.51. The van der Waals surface area contributed by atoms with Gasteiger partial charge in [-0.15, -0.1) is 0 Å². The molecule has 0 aliphatic heterocycles. The zero-order valence-electron chi connectivity index (χ0n) is 5.89. The van der Waals surface area contributed by atoms with E-state index in [4.69, 9.17) is 4.74 Å². The number of hydrogen-bond acceptors (Lipinski definition) is 2. The van der Waals surface area contributed by atoms with Crippen molar-refractivity contribution in [3.63, 3.8) is 0 Å². The van der Waals surface area contributed by atoms with Gasteiger partial charge in [0, 0.05) is 6.61 Å². The molecule has 0 rings (SSSR count). The van der Waals surface area contributed by atoms with E-state index in [9.17, 15) is 4.79 Å². The molecule has 0 saturated carbocycles. The van der Waals surface area contributed by atoms with Crippen molar-refractivity contribution in [2.75, 3.05) is 13.2 Å². The number of ether oxygens (including phenoxy) is 1. The maximum atomic E-state index is 10.6. The summed E-state index contributed by atoms with van der Waals surface area (Å²) in [5.41, 5.74) is 0. The van der Waals surface area contributed by atoms with E-state index in [2.05, 4.69) is 0 Å². The second-order valence-electron chi connectivity index (χ2n) is 1.60. The van der Waals surface area contributed by atoms with E-state index < -0.39 is 0 Å². The van der Waals surface area contributed by atoms with Crippen LogP contribution >= 0.6 is 0 Å². The maximum absolute atomic E-state index is 10.6. The third kappa shape index (κ3) is 5.24. The second-order valence-corrected chi connectivity index (χ2v) is 1.60. The molecule has 0 bridgehead atoms. The van der Waals surface area contributed by atoms with E-state index >= 15 is 0 Å². The maximum Gasteiger partial charge on any atom is 0.180 e. The number of ketones is 1. The first-order valence-electron chi connectivity index (χ1n) is 3.04. The van der Waals surface area contributed by atoms with Crippen molar-refractivity contribution in [2.45, 2.75) is 13.8 Å². The smallest absolute Gasteiger partial charge is 0.180 e. The van der Waals surface area contributed by atoms with Crippen LogP contribution in [0.3, 0.4) is 0 Å². The van der Waals surface area contributed by atoms with Crippen LogP contribution in [0.25, 0.3) is 0 Å². The minimum atomic E-state index is 0.0272. The van der Waals surface area contributed by atoms with Crippen LogP contribution in [0.1, 0.15) is 13.8 Å². The van der Waals surface area contributed by atoms with Crippen LogP contribution in [-0.4, -0.2) is 19.0 Å². The zero-order chi connectivity index (χ0) is 7.11. The van der Waals surface area contributed by atoms with Gasteiger partial charge < -0.3 is 4.74 Å². The average molecular weight is 128 g/mol. The van der Waals surface area contributed by atoms with Crippen LogP contribution in [0.15, 0.2) is 12.2 Å². The highest BCUT2D eigenvalue weighted by Gasteiger charge is 1.91. The lowest BCUT2D eigenvalue weighted by atomic mass is 10.4. The van der Waals surface area contributed by atoms with Crippen molar-refractivity contribution in [3.8, 4) is 0 Å². The van der Waals surface area contributed by atoms with Gasteiger partial charge in [0.25, 0.3) is 0 Å². The molecule has 52 valence electrons. The first-order valence-corrected chi connectivity index (χ1v) is 3.04. The molecule has 0 N–H and O–H groups in total. The average Bonchev–Trinajstić information content (AvgIpc) is 1.85. The minimum Gasteiger partial charge on any atom is -0.374 e. The summed E-state index contributed by atoms with van der Waals surface area (Å²) in [5.74, 6) is 0.0272. The Labute approximate surface area is 55.5 Å². The predicted molar refractivity (Wildman–Crippen MR) is 36.3 cm³/mol. The first kappa shape index (κ1) is 8.37. The Morgan fingerprint density at radius 3 is 2.78 bits per heavy atom. The van der Waals surface area contributed by atoms with E-state index in [0.717, 1.165) is 0 Å². The minimum absolute atomic E-state index is 0.0272. The summed E-state index contributed by atoms with van der Waals surface area (Å²) in [6.07, 6.45) is 3.22. The van der Waals surface area contributed by atoms with Gasteiger partial charge in [-0.25, -0.2) is 0 Å². The first-order chi connectivity index (χ1) is 4.31. The van der Waals surface area contributed by atoms with Crippen LogP contribution in [0.5, 0.6) is 0 Å². The Hall–Kier alpha value is -0.630. The quantitative estimate of drug-likeness (QED) is 0.531. The Morgan fingerprint density at radius 1 is 1.67 bits per heavy atom. The molecular formula is C7H12O2. The summed E-state index contributed by atoms with van der Waals surface area (Å²) < 4.78 is 4.85. The van der Waals surface area contributed by atoms with Gasteiger partial charge in [-0.3, -0.25) is 4.79 Å². The Balaban J connectivity index is 3.27. The SMILES string of the molecule is C/C=C/C(=O)COCC. The van der Waals surface area contributed by atoms with Crippen LogP contribution < -0.4 is 0 Å². The topological polar surface area (TPSA) is 26.3 Å². The fraction of sp³-hybridized carbons (Fsp3) is 0.571. The largest absolute Gasteiger partial charge is 0.374 e. The van der Waals surface area contributed by atoms with Gasteiger partial charge in [-0.05, 0) is 19.9 Å². The van der Waals surface area contributed by atoms with E-state index in [-0.39, 0.29) is 12.4 Å². The molecular weight excluding hydrogens is 116 g/mol. The van der Waals surface area contributed by atoms with Crippen molar-refractivity contribution in [2.24, 2.45) is 0 Å². The summed E-state index contributed by atoms with van der Waals surface area (Å²) in [7, 11) is 0. The van der Waals surface area contributed by atoms with Gasteiger partial charge in [-0.1, -0.05) is 6.08 Å². The van der Waals surface area contributed by atoms with Gasteiger partial charge in [0.1, 0.15) is 6.61 Å². The molecule has 0 amide bonds. The third-order valence-corrected chi connectivity index (χ3v) is 0.801. The summed E-state index contributed by atoms with van der Waals surface area (Å²) >= 11 is 0. The molecule has 0 aromatic carbocycles. The lowest BCUT2D eigenvalue weighted by Crippen LogP contribution is -2.04. The van der Waals surface area contributed by atoms with Gasteiger partial charge in [0.2, 0.25) is 0 Å². The molecule has 0 radical (unpaired) electrons. The molecule has 0 aliphatic carbocycles. The number of carbonyl (C=O) groups excluding carboxylic acids is 1. The van der Waals surface area contributed by atoms with Crippen molar-refractivity contribution >= 4 is 5.78 Å². The van der Waals surface area contributed by atoms with Gasteiger partial charge in [-0.2, -0.15) is 0 Å². The van der Waals surface area contributed by atoms with Crippen LogP contribution in [-0.2, 0) is 9.53 Å². The van der Waals surface area contributed by atoms with Gasteiger partial charge in [0.15, 0.2) is 5.78 Å². The molecule has 0 aliphatic rings. The lowest BCUT2D eigenvalue weighted by Gasteiger charge is -1.93. The molecule has 0 aromatic rings. The number of carbonyl (C=O) groups is 1. The lowest BCUT2D eigenvalue weighted by molar-refractivity contribution is -0.118. The molecule has 0 spiro atoms. The fourth-order valence-corrected chi connectivity index (χ4v) is 0.437. The molecule has 0 unspecified atom stereocenters. The van der Waals surface area contributed by atoms with Crippen molar-refractivity contribution < 1.29 is 9.53 Å². The van der Waals surface area contributed by atoms with Crippen molar-refractivity contribution in [1.29, 1.82) is 0 Å². The fourth-order valence-electron chi connectivity index (χ4n) is 0.437. The molecule has 0 aromatic heterocycles. The van der Waals surface area contributed by atoms with E-state index in [0.29, 0.717) is 6.61 Å². The number of rotatable bonds is 4. The van der Waals surface area contributed by atoms with Crippen LogP contribution in [0.4, 0.5) is 0 Å². The van der Waals surface area contributed by atoms with E-state index in [1.807, 2.05) is 13.8 Å². The molecule has 2 heteroatoms. The third-order valence-electron chi connectivity index (χ3n) is 0.801. The Morgan fingerprint density at radius 2 is 2.33 bits per heavy atom. The summed E-state index contributed by atoms with van der Waals surface area (Å²) in [6, 6.07) is 0. The monoisotopic (exact) mass is 128 g/mol. The van der Waals surface area contributed by atoms with Crippen LogP contribution in [0, 0.1) is 0 Å². The summed E-state index contributed by atoms with van der Waals surface area (Å²) in [6.45, 7) is 4.48. The zero-order valence-corrected chi connectivity index (χ0v) is 5.89. The predicted octanol–water partition coefficient (Wildman–Crippen LogP) is 1.17. The molecule has 9 heavy (non-hydrogen) atoms. The Kier molecular flexibility index (Phi) is 5.12. The molecule has 0 fully saturated rings.